The van der Waals surface area contributed by atoms with Crippen molar-refractivity contribution in [2.45, 2.75) is 13.5 Å². The predicted octanol–water partition coefficient (Wildman–Crippen LogP) is 1.34. The van der Waals surface area contributed by atoms with Gasteiger partial charge in [0.1, 0.15) is 5.75 Å². The van der Waals surface area contributed by atoms with E-state index in [9.17, 15) is 9.90 Å². The van der Waals surface area contributed by atoms with Crippen LogP contribution < -0.4 is 10.3 Å². The highest BCUT2D eigenvalue weighted by atomic mass is 16.5. The van der Waals surface area contributed by atoms with Crippen LogP contribution in [0.2, 0.25) is 0 Å². The van der Waals surface area contributed by atoms with Gasteiger partial charge in [-0.15, -0.1) is 0 Å². The molecule has 2 aromatic rings. The van der Waals surface area contributed by atoms with E-state index in [2.05, 4.69) is 5.10 Å². The molecule has 0 amide bonds. The van der Waals surface area contributed by atoms with Crippen molar-refractivity contribution in [3.05, 3.63) is 46.2 Å². The number of para-hydroxylation sites is 1. The molecule has 5 nitrogen and oxygen atoms in total. The largest absolute Gasteiger partial charge is 0.493 e. The number of hydrogen-bond acceptors (Lipinski definition) is 4. The van der Waals surface area contributed by atoms with Crippen molar-refractivity contribution in [3.8, 4) is 17.0 Å². The van der Waals surface area contributed by atoms with Crippen LogP contribution in [0.3, 0.4) is 0 Å². The molecule has 0 fully saturated rings. The molecule has 0 aliphatic heterocycles. The third-order valence-electron chi connectivity index (χ3n) is 2.77. The molecule has 5 heteroatoms. The fraction of sp³-hybridized carbons (Fsp3) is 0.286. The van der Waals surface area contributed by atoms with Crippen molar-refractivity contribution in [3.63, 3.8) is 0 Å². The maximum Gasteiger partial charge on any atom is 0.272 e. The van der Waals surface area contributed by atoms with Gasteiger partial charge in [0.15, 0.2) is 0 Å². The lowest BCUT2D eigenvalue weighted by molar-refractivity contribution is 0.278. The van der Waals surface area contributed by atoms with Crippen LogP contribution in [0.25, 0.3) is 11.3 Å². The number of aromatic nitrogens is 2. The van der Waals surface area contributed by atoms with E-state index in [-0.39, 0.29) is 12.2 Å². The molecule has 2 rings (SSSR count). The van der Waals surface area contributed by atoms with Crippen LogP contribution in [0.4, 0.5) is 0 Å². The molecular weight excluding hydrogens is 244 g/mol. The zero-order valence-electron chi connectivity index (χ0n) is 11.0. The van der Waals surface area contributed by atoms with Crippen LogP contribution in [0.5, 0.6) is 5.75 Å². The summed E-state index contributed by atoms with van der Waals surface area (Å²) in [5, 5.41) is 13.4. The van der Waals surface area contributed by atoms with Crippen molar-refractivity contribution < 1.29 is 9.84 Å². The number of aliphatic hydroxyl groups excluding tert-OH is 1. The van der Waals surface area contributed by atoms with Crippen LogP contribution in [-0.2, 0) is 13.7 Å². The first-order chi connectivity index (χ1) is 9.17. The van der Waals surface area contributed by atoms with Crippen molar-refractivity contribution in [2.24, 2.45) is 7.05 Å². The zero-order valence-corrected chi connectivity index (χ0v) is 11.0. The minimum Gasteiger partial charge on any atom is -0.493 e. The molecule has 1 N–H and O–H groups in total. The van der Waals surface area contributed by atoms with E-state index in [0.717, 1.165) is 5.56 Å². The van der Waals surface area contributed by atoms with Crippen molar-refractivity contribution in [2.75, 3.05) is 6.61 Å². The normalized spacial score (nSPS) is 10.5. The average molecular weight is 260 g/mol. The summed E-state index contributed by atoms with van der Waals surface area (Å²) < 4.78 is 6.77. The Hall–Kier alpha value is -2.14. The number of rotatable bonds is 4. The Bertz CT molecular complexity index is 635. The first kappa shape index (κ1) is 13.3. The lowest BCUT2D eigenvalue weighted by Crippen LogP contribution is -2.23. The van der Waals surface area contributed by atoms with Crippen molar-refractivity contribution in [1.29, 1.82) is 0 Å². The van der Waals surface area contributed by atoms with Gasteiger partial charge in [-0.2, -0.15) is 5.10 Å². The van der Waals surface area contributed by atoms with Gasteiger partial charge in [0.25, 0.3) is 5.56 Å². The monoisotopic (exact) mass is 260 g/mol. The van der Waals surface area contributed by atoms with E-state index in [1.54, 1.807) is 13.1 Å². The standard InChI is InChI=1S/C14H16N2O3/c1-3-19-13-7-5-4-6-11(13)12-8-10(9-17)14(18)16(2)15-12/h4-8,17H,3,9H2,1-2H3. The molecule has 0 unspecified atom stereocenters. The van der Waals surface area contributed by atoms with E-state index < -0.39 is 0 Å². The van der Waals surface area contributed by atoms with E-state index >= 15 is 0 Å². The summed E-state index contributed by atoms with van der Waals surface area (Å²) in [6.07, 6.45) is 0. The highest BCUT2D eigenvalue weighted by molar-refractivity contribution is 5.67. The molecule has 0 aliphatic rings. The Morgan fingerprint density at radius 2 is 2.11 bits per heavy atom. The molecule has 1 aromatic heterocycles. The fourth-order valence-electron chi connectivity index (χ4n) is 1.87. The summed E-state index contributed by atoms with van der Waals surface area (Å²) in [4.78, 5) is 11.7. The average Bonchev–Trinajstić information content (AvgIpc) is 2.43. The minimum absolute atomic E-state index is 0.292. The summed E-state index contributed by atoms with van der Waals surface area (Å²) in [5.41, 5.74) is 1.43. The molecule has 1 heterocycles. The molecule has 1 aromatic carbocycles. The minimum atomic E-state index is -0.307. The van der Waals surface area contributed by atoms with Gasteiger partial charge in [0, 0.05) is 18.2 Å². The lowest BCUT2D eigenvalue weighted by Gasteiger charge is -2.11. The van der Waals surface area contributed by atoms with Crippen LogP contribution >= 0.6 is 0 Å². The third kappa shape index (κ3) is 2.66. The first-order valence-electron chi connectivity index (χ1n) is 6.07. The predicted molar refractivity (Wildman–Crippen MR) is 72.0 cm³/mol. The van der Waals surface area contributed by atoms with Gasteiger partial charge in [-0.25, -0.2) is 4.68 Å². The topological polar surface area (TPSA) is 64.3 Å². The van der Waals surface area contributed by atoms with E-state index in [1.807, 2.05) is 31.2 Å². The van der Waals surface area contributed by atoms with E-state index in [1.165, 1.54) is 4.68 Å². The summed E-state index contributed by atoms with van der Waals surface area (Å²) in [6.45, 7) is 2.15. The van der Waals surface area contributed by atoms with Gasteiger partial charge < -0.3 is 9.84 Å². The smallest absolute Gasteiger partial charge is 0.272 e. The van der Waals surface area contributed by atoms with Gasteiger partial charge in [0.05, 0.1) is 18.9 Å². The maximum atomic E-state index is 11.7. The number of aliphatic hydroxyl groups is 1. The number of nitrogens with zero attached hydrogens (tertiary/aromatic N) is 2. The maximum absolute atomic E-state index is 11.7. The second kappa shape index (κ2) is 5.67. The molecule has 0 radical (unpaired) electrons. The highest BCUT2D eigenvalue weighted by Crippen LogP contribution is 2.28. The van der Waals surface area contributed by atoms with E-state index in [0.29, 0.717) is 23.6 Å². The molecule has 0 saturated heterocycles. The first-order valence-corrected chi connectivity index (χ1v) is 6.07. The zero-order chi connectivity index (χ0) is 13.8. The number of aryl methyl sites for hydroxylation is 1. The molecule has 100 valence electrons. The Morgan fingerprint density at radius 3 is 2.79 bits per heavy atom. The van der Waals surface area contributed by atoms with Crippen molar-refractivity contribution in [1.82, 2.24) is 9.78 Å². The number of benzene rings is 1. The van der Waals surface area contributed by atoms with Gasteiger partial charge >= 0.3 is 0 Å². The van der Waals surface area contributed by atoms with Crippen LogP contribution in [0, 0.1) is 0 Å². The summed E-state index contributed by atoms with van der Waals surface area (Å²) in [7, 11) is 1.56. The summed E-state index contributed by atoms with van der Waals surface area (Å²) in [5.74, 6) is 0.708. The Balaban J connectivity index is 2.59. The second-order valence-electron chi connectivity index (χ2n) is 4.07. The fourth-order valence-corrected chi connectivity index (χ4v) is 1.87. The quantitative estimate of drug-likeness (QED) is 0.901. The van der Waals surface area contributed by atoms with E-state index in [4.69, 9.17) is 4.74 Å². The molecule has 0 aliphatic carbocycles. The molecular formula is C14H16N2O3. The highest BCUT2D eigenvalue weighted by Gasteiger charge is 2.11. The summed E-state index contributed by atoms with van der Waals surface area (Å²) in [6, 6.07) is 9.08. The molecule has 0 atom stereocenters. The molecule has 0 bridgehead atoms. The van der Waals surface area contributed by atoms with Gasteiger partial charge in [0.2, 0.25) is 0 Å². The van der Waals surface area contributed by atoms with Crippen LogP contribution in [0.15, 0.2) is 35.1 Å². The lowest BCUT2D eigenvalue weighted by atomic mass is 10.1. The third-order valence-corrected chi connectivity index (χ3v) is 2.77. The second-order valence-corrected chi connectivity index (χ2v) is 4.07. The summed E-state index contributed by atoms with van der Waals surface area (Å²) >= 11 is 0. The van der Waals surface area contributed by atoms with Gasteiger partial charge in [-0.3, -0.25) is 4.79 Å². The Morgan fingerprint density at radius 1 is 1.37 bits per heavy atom. The molecule has 19 heavy (non-hydrogen) atoms. The van der Waals surface area contributed by atoms with Crippen LogP contribution in [-0.4, -0.2) is 21.5 Å². The van der Waals surface area contributed by atoms with Gasteiger partial charge in [-0.05, 0) is 25.1 Å². The molecule has 0 saturated carbocycles. The number of hydrogen-bond donors (Lipinski definition) is 1. The SMILES string of the molecule is CCOc1ccccc1-c1cc(CO)c(=O)n(C)n1. The Labute approximate surface area is 111 Å². The Kier molecular flexibility index (Phi) is 3.97. The number of ether oxygens (including phenoxy) is 1. The van der Waals surface area contributed by atoms with Crippen LogP contribution in [0.1, 0.15) is 12.5 Å². The van der Waals surface area contributed by atoms with Gasteiger partial charge in [-0.1, -0.05) is 12.1 Å². The molecule has 0 spiro atoms. The van der Waals surface area contributed by atoms with Crippen molar-refractivity contribution >= 4 is 0 Å².